The molecule has 2 rings (SSSR count). The van der Waals surface area contributed by atoms with Gasteiger partial charge in [-0.15, -0.1) is 0 Å². The highest BCUT2D eigenvalue weighted by Gasteiger charge is 2.01. The topological polar surface area (TPSA) is 38.7 Å². The van der Waals surface area contributed by atoms with Crippen LogP contribution in [0.1, 0.15) is 5.56 Å². The van der Waals surface area contributed by atoms with Crippen molar-refractivity contribution < 1.29 is 4.39 Å². The summed E-state index contributed by atoms with van der Waals surface area (Å²) in [4.78, 5) is 12.4. The zero-order valence-electron chi connectivity index (χ0n) is 8.01. The van der Waals surface area contributed by atoms with Crippen LogP contribution in [-0.4, -0.2) is 15.0 Å². The Bertz CT molecular complexity index is 458. The summed E-state index contributed by atoms with van der Waals surface area (Å²) in [5, 5.41) is 0.603. The normalized spacial score (nSPS) is 10.3. The number of aryl methyl sites for hydroxylation is 1. The van der Waals surface area contributed by atoms with E-state index in [1.807, 2.05) is 6.92 Å². The van der Waals surface area contributed by atoms with E-state index in [0.29, 0.717) is 5.16 Å². The Kier molecular flexibility index (Phi) is 2.91. The lowest BCUT2D eigenvalue weighted by Crippen LogP contribution is -1.87. The summed E-state index contributed by atoms with van der Waals surface area (Å²) >= 11 is 1.31. The minimum absolute atomic E-state index is 0.493. The van der Waals surface area contributed by atoms with Gasteiger partial charge in [-0.3, -0.25) is 0 Å². The van der Waals surface area contributed by atoms with Crippen LogP contribution in [0.2, 0.25) is 0 Å². The van der Waals surface area contributed by atoms with Gasteiger partial charge in [-0.1, -0.05) is 0 Å². The molecular formula is C10H8FN3S. The molecule has 0 saturated carbocycles. The first kappa shape index (κ1) is 10.0. The van der Waals surface area contributed by atoms with E-state index in [2.05, 4.69) is 15.0 Å². The lowest BCUT2D eigenvalue weighted by molar-refractivity contribution is 0.579. The Morgan fingerprint density at radius 3 is 2.60 bits per heavy atom. The zero-order valence-corrected chi connectivity index (χ0v) is 8.83. The highest BCUT2D eigenvalue weighted by Crippen LogP contribution is 2.23. The number of pyridine rings is 1. The minimum Gasteiger partial charge on any atom is -0.231 e. The standard InChI is InChI=1S/C10H8FN3S/c1-7-5-13-10(14-6-7)15-8-2-3-12-9(11)4-8/h2-6H,1H3. The maximum absolute atomic E-state index is 12.8. The Morgan fingerprint density at radius 2 is 1.93 bits per heavy atom. The van der Waals surface area contributed by atoms with E-state index < -0.39 is 5.95 Å². The third kappa shape index (κ3) is 2.73. The molecule has 0 spiro atoms. The van der Waals surface area contributed by atoms with Crippen molar-refractivity contribution in [2.24, 2.45) is 0 Å². The average molecular weight is 221 g/mol. The van der Waals surface area contributed by atoms with Crippen molar-refractivity contribution in [3.8, 4) is 0 Å². The van der Waals surface area contributed by atoms with Gasteiger partial charge in [0.05, 0.1) is 0 Å². The Labute approximate surface area is 90.8 Å². The van der Waals surface area contributed by atoms with Crippen LogP contribution in [0.25, 0.3) is 0 Å². The van der Waals surface area contributed by atoms with E-state index in [-0.39, 0.29) is 0 Å². The molecule has 0 unspecified atom stereocenters. The monoisotopic (exact) mass is 221 g/mol. The van der Waals surface area contributed by atoms with E-state index >= 15 is 0 Å². The van der Waals surface area contributed by atoms with Gasteiger partial charge in [0.2, 0.25) is 5.95 Å². The Balaban J connectivity index is 2.18. The van der Waals surface area contributed by atoms with Crippen LogP contribution in [0.4, 0.5) is 4.39 Å². The van der Waals surface area contributed by atoms with Gasteiger partial charge in [0, 0.05) is 29.6 Å². The second-order valence-electron chi connectivity index (χ2n) is 2.96. The van der Waals surface area contributed by atoms with Gasteiger partial charge in [0.1, 0.15) is 0 Å². The lowest BCUT2D eigenvalue weighted by Gasteiger charge is -1.99. The first-order valence-corrected chi connectivity index (χ1v) is 5.14. The van der Waals surface area contributed by atoms with Crippen LogP contribution >= 0.6 is 11.8 Å². The molecule has 0 fully saturated rings. The van der Waals surface area contributed by atoms with Crippen LogP contribution in [0.3, 0.4) is 0 Å². The zero-order chi connectivity index (χ0) is 10.7. The van der Waals surface area contributed by atoms with Crippen molar-refractivity contribution in [3.63, 3.8) is 0 Å². The van der Waals surface area contributed by atoms with Gasteiger partial charge in [0.25, 0.3) is 0 Å². The smallest absolute Gasteiger partial charge is 0.213 e. The molecule has 0 amide bonds. The molecule has 0 aliphatic carbocycles. The fourth-order valence-corrected chi connectivity index (χ4v) is 1.69. The quantitative estimate of drug-likeness (QED) is 0.577. The summed E-state index contributed by atoms with van der Waals surface area (Å²) in [7, 11) is 0. The molecule has 0 aromatic carbocycles. The van der Waals surface area contributed by atoms with E-state index in [9.17, 15) is 4.39 Å². The third-order valence-electron chi connectivity index (χ3n) is 1.66. The number of hydrogen-bond acceptors (Lipinski definition) is 4. The fraction of sp³-hybridized carbons (Fsp3) is 0.100. The van der Waals surface area contributed by atoms with Crippen molar-refractivity contribution in [2.45, 2.75) is 17.0 Å². The SMILES string of the molecule is Cc1cnc(Sc2ccnc(F)c2)nc1. The maximum atomic E-state index is 12.8. The van der Waals surface area contributed by atoms with Gasteiger partial charge < -0.3 is 0 Å². The molecule has 0 atom stereocenters. The molecule has 2 aromatic heterocycles. The summed E-state index contributed by atoms with van der Waals surface area (Å²) < 4.78 is 12.8. The van der Waals surface area contributed by atoms with Gasteiger partial charge in [-0.25, -0.2) is 15.0 Å². The van der Waals surface area contributed by atoms with Crippen molar-refractivity contribution in [2.75, 3.05) is 0 Å². The Hall–Kier alpha value is -1.49. The van der Waals surface area contributed by atoms with E-state index in [4.69, 9.17) is 0 Å². The second-order valence-corrected chi connectivity index (χ2v) is 4.00. The minimum atomic E-state index is -0.493. The van der Waals surface area contributed by atoms with Gasteiger partial charge in [-0.2, -0.15) is 4.39 Å². The van der Waals surface area contributed by atoms with Crippen LogP contribution in [-0.2, 0) is 0 Å². The number of rotatable bonds is 2. The highest BCUT2D eigenvalue weighted by molar-refractivity contribution is 7.99. The van der Waals surface area contributed by atoms with Crippen molar-refractivity contribution >= 4 is 11.8 Å². The molecule has 0 saturated heterocycles. The van der Waals surface area contributed by atoms with Gasteiger partial charge >= 0.3 is 0 Å². The van der Waals surface area contributed by atoms with E-state index in [1.54, 1.807) is 18.5 Å². The number of halogens is 1. The van der Waals surface area contributed by atoms with Gasteiger partial charge in [0.15, 0.2) is 5.16 Å². The summed E-state index contributed by atoms with van der Waals surface area (Å²) in [5.74, 6) is -0.493. The molecule has 2 aromatic rings. The second kappa shape index (κ2) is 4.35. The van der Waals surface area contributed by atoms with E-state index in [1.165, 1.54) is 24.0 Å². The van der Waals surface area contributed by atoms with Crippen molar-refractivity contribution in [1.82, 2.24) is 15.0 Å². The number of nitrogens with zero attached hydrogens (tertiary/aromatic N) is 3. The molecule has 3 nitrogen and oxygen atoms in total. The summed E-state index contributed by atoms with van der Waals surface area (Å²) in [5.41, 5.74) is 1.00. The molecule has 15 heavy (non-hydrogen) atoms. The molecule has 0 radical (unpaired) electrons. The molecule has 5 heteroatoms. The summed E-state index contributed by atoms with van der Waals surface area (Å²) in [6.07, 6.45) is 4.88. The van der Waals surface area contributed by atoms with Crippen LogP contribution in [0.15, 0.2) is 40.8 Å². The number of aromatic nitrogens is 3. The predicted octanol–water partition coefficient (Wildman–Crippen LogP) is 2.47. The number of hydrogen-bond donors (Lipinski definition) is 0. The largest absolute Gasteiger partial charge is 0.231 e. The third-order valence-corrected chi connectivity index (χ3v) is 2.55. The summed E-state index contributed by atoms with van der Waals surface area (Å²) in [6, 6.07) is 3.07. The molecule has 0 N–H and O–H groups in total. The maximum Gasteiger partial charge on any atom is 0.213 e. The molecule has 0 aliphatic heterocycles. The van der Waals surface area contributed by atoms with Gasteiger partial charge in [-0.05, 0) is 30.3 Å². The first-order chi connectivity index (χ1) is 7.24. The average Bonchev–Trinajstić information content (AvgIpc) is 2.22. The molecule has 0 bridgehead atoms. The lowest BCUT2D eigenvalue weighted by atomic mass is 10.4. The first-order valence-electron chi connectivity index (χ1n) is 4.32. The molecule has 76 valence electrons. The summed E-state index contributed by atoms with van der Waals surface area (Å²) in [6.45, 7) is 1.92. The highest BCUT2D eigenvalue weighted by atomic mass is 32.2. The van der Waals surface area contributed by atoms with Crippen LogP contribution in [0.5, 0.6) is 0 Å². The molecule has 0 aliphatic rings. The van der Waals surface area contributed by atoms with Crippen molar-refractivity contribution in [3.05, 3.63) is 42.2 Å². The predicted molar refractivity (Wildman–Crippen MR) is 55.1 cm³/mol. The fourth-order valence-electron chi connectivity index (χ4n) is 0.987. The van der Waals surface area contributed by atoms with E-state index in [0.717, 1.165) is 10.5 Å². The van der Waals surface area contributed by atoms with Crippen molar-refractivity contribution in [1.29, 1.82) is 0 Å². The Morgan fingerprint density at radius 1 is 1.20 bits per heavy atom. The molecule has 2 heterocycles. The van der Waals surface area contributed by atoms with Crippen LogP contribution in [0, 0.1) is 12.9 Å². The molecular weight excluding hydrogens is 213 g/mol. The van der Waals surface area contributed by atoms with Crippen LogP contribution < -0.4 is 0 Å².